The van der Waals surface area contributed by atoms with Crippen LogP contribution >= 0.6 is 0 Å². The first-order valence-electron chi connectivity index (χ1n) is 10.8. The first-order valence-corrected chi connectivity index (χ1v) is 10.8. The van der Waals surface area contributed by atoms with Crippen molar-refractivity contribution in [2.24, 2.45) is 0 Å². The second-order valence-corrected chi connectivity index (χ2v) is 7.59. The minimum Gasteiger partial charge on any atom is -0.358 e. The molecule has 190 valence electrons. The van der Waals surface area contributed by atoms with E-state index in [1.165, 1.54) is 0 Å². The summed E-state index contributed by atoms with van der Waals surface area (Å²) in [6.45, 7) is 3.79. The number of hydrogen-bond acceptors (Lipinski definition) is 14. The summed E-state index contributed by atoms with van der Waals surface area (Å²) in [7, 11) is 3.18. The second-order valence-electron chi connectivity index (χ2n) is 7.59. The molecule has 19 nitrogen and oxygen atoms in total. The highest BCUT2D eigenvalue weighted by Crippen LogP contribution is 2.04. The quantitative estimate of drug-likeness (QED) is 0.127. The van der Waals surface area contributed by atoms with E-state index in [0.29, 0.717) is 63.3 Å². The van der Waals surface area contributed by atoms with Crippen molar-refractivity contribution in [1.29, 1.82) is 0 Å². The van der Waals surface area contributed by atoms with Crippen LogP contribution in [0.2, 0.25) is 0 Å². The van der Waals surface area contributed by atoms with Crippen LogP contribution in [-0.2, 0) is 29.2 Å². The molecule has 35 heavy (non-hydrogen) atoms. The second kappa shape index (κ2) is 13.7. The maximum absolute atomic E-state index is 12.0. The maximum atomic E-state index is 12.0. The number of carbonyl (C=O) groups excluding carboxylic acids is 2. The van der Waals surface area contributed by atoms with Gasteiger partial charge in [0.25, 0.3) is 0 Å². The van der Waals surface area contributed by atoms with Gasteiger partial charge in [-0.2, -0.15) is 0 Å². The van der Waals surface area contributed by atoms with Gasteiger partial charge >= 0.3 is 0 Å². The Kier molecular flexibility index (Phi) is 10.0. The van der Waals surface area contributed by atoms with Gasteiger partial charge in [-0.3, -0.25) is 24.3 Å². The molecule has 0 aliphatic rings. The normalized spacial score (nSPS) is 11.5. The molecule has 2 amide bonds. The molecule has 0 saturated heterocycles. The average molecular weight is 492 g/mol. The first-order chi connectivity index (χ1) is 17.1. The van der Waals surface area contributed by atoms with Gasteiger partial charge in [0, 0.05) is 40.3 Å². The molecule has 0 unspecified atom stereocenters. The Morgan fingerprint density at radius 2 is 0.971 bits per heavy atom. The van der Waals surface area contributed by atoms with E-state index in [2.05, 4.69) is 77.4 Å². The number of aromatic amines is 3. The lowest BCUT2D eigenvalue weighted by atomic mass is 10.3. The molecule has 0 aliphatic carbocycles. The minimum absolute atomic E-state index is 0.124. The number of tetrazole rings is 3. The third kappa shape index (κ3) is 9.06. The Labute approximate surface area is 199 Å². The highest BCUT2D eigenvalue weighted by Gasteiger charge is 2.18. The Morgan fingerprint density at radius 1 is 0.629 bits per heavy atom. The van der Waals surface area contributed by atoms with Crippen LogP contribution in [0, 0.1) is 0 Å². The van der Waals surface area contributed by atoms with Crippen molar-refractivity contribution in [2.45, 2.75) is 19.6 Å². The largest absolute Gasteiger partial charge is 0.358 e. The molecular formula is C16H29N17O2. The number of H-pyrrole nitrogens is 3. The number of hydrogen-bond donors (Lipinski definition) is 5. The zero-order chi connectivity index (χ0) is 24.9. The number of amides is 2. The summed E-state index contributed by atoms with van der Waals surface area (Å²) >= 11 is 0. The first kappa shape index (κ1) is 25.6. The highest BCUT2D eigenvalue weighted by atomic mass is 16.2. The van der Waals surface area contributed by atoms with E-state index >= 15 is 0 Å². The number of nitrogens with one attached hydrogen (secondary N) is 5. The van der Waals surface area contributed by atoms with Crippen LogP contribution in [0.1, 0.15) is 17.5 Å². The monoisotopic (exact) mass is 491 g/mol. The van der Waals surface area contributed by atoms with Gasteiger partial charge in [-0.15, -0.1) is 15.3 Å². The van der Waals surface area contributed by atoms with Crippen LogP contribution in [-0.4, -0.2) is 142 Å². The zero-order valence-electron chi connectivity index (χ0n) is 19.5. The number of likely N-dealkylation sites (N-methyl/N-ethyl adjacent to an activating group) is 2. The summed E-state index contributed by atoms with van der Waals surface area (Å²) in [4.78, 5) is 30.0. The molecule has 0 atom stereocenters. The smallest absolute Gasteiger partial charge is 0.233 e. The predicted octanol–water partition coefficient (Wildman–Crippen LogP) is -4.48. The third-order valence-electron chi connectivity index (χ3n) is 5.04. The van der Waals surface area contributed by atoms with Crippen LogP contribution in [0.25, 0.3) is 0 Å². The molecule has 0 bridgehead atoms. The summed E-state index contributed by atoms with van der Waals surface area (Å²) in [6.07, 6.45) is 0. The molecule has 3 aromatic heterocycles. The van der Waals surface area contributed by atoms with E-state index in [1.807, 2.05) is 9.80 Å². The Balaban J connectivity index is 1.64. The van der Waals surface area contributed by atoms with Gasteiger partial charge in [0.1, 0.15) is 0 Å². The van der Waals surface area contributed by atoms with E-state index < -0.39 is 0 Å². The molecule has 3 heterocycles. The summed E-state index contributed by atoms with van der Waals surface area (Å²) in [5.74, 6) is 1.45. The molecule has 19 heteroatoms. The van der Waals surface area contributed by atoms with Crippen molar-refractivity contribution >= 4 is 11.8 Å². The van der Waals surface area contributed by atoms with Gasteiger partial charge in [0.2, 0.25) is 11.8 Å². The number of carbonyl (C=O) groups is 2. The minimum atomic E-state index is -0.124. The summed E-state index contributed by atoms with van der Waals surface area (Å²) < 4.78 is 0. The van der Waals surface area contributed by atoms with Crippen molar-refractivity contribution in [1.82, 2.24) is 87.2 Å². The van der Waals surface area contributed by atoms with Crippen molar-refractivity contribution < 1.29 is 9.59 Å². The lowest BCUT2D eigenvalue weighted by molar-refractivity contribution is -0.122. The molecule has 0 fully saturated rings. The standard InChI is InChI=1S/C16H29N17O2/c1-17-15(34)10-32(8-13-21-27-28-22-13)5-3-31(7-12-19-25-26-20-12)4-6-33(11-16(35)18-2)9-14-23-29-30-24-14/h3-11H2,1-2H3,(H,17,34)(H,18,35)(H,19,20,25,26)(H,21,22,27,28)(H,23,24,29,30). The van der Waals surface area contributed by atoms with Crippen molar-refractivity contribution in [3.63, 3.8) is 0 Å². The van der Waals surface area contributed by atoms with Crippen molar-refractivity contribution in [3.05, 3.63) is 17.5 Å². The number of aromatic nitrogens is 12. The van der Waals surface area contributed by atoms with Crippen LogP contribution in [0.4, 0.5) is 0 Å². The van der Waals surface area contributed by atoms with Gasteiger partial charge in [-0.05, 0) is 31.3 Å². The molecule has 3 rings (SSSR count). The van der Waals surface area contributed by atoms with Gasteiger partial charge in [0.05, 0.1) is 32.7 Å². The number of rotatable bonds is 16. The lowest BCUT2D eigenvalue weighted by Gasteiger charge is -2.28. The van der Waals surface area contributed by atoms with Crippen molar-refractivity contribution in [3.8, 4) is 0 Å². The lowest BCUT2D eigenvalue weighted by Crippen LogP contribution is -2.43. The van der Waals surface area contributed by atoms with E-state index in [4.69, 9.17) is 0 Å². The molecule has 3 aromatic rings. The molecule has 5 N–H and O–H groups in total. The van der Waals surface area contributed by atoms with Gasteiger partial charge in [0.15, 0.2) is 17.5 Å². The van der Waals surface area contributed by atoms with E-state index in [1.54, 1.807) is 14.1 Å². The van der Waals surface area contributed by atoms with Crippen LogP contribution < -0.4 is 10.6 Å². The maximum Gasteiger partial charge on any atom is 0.233 e. The SMILES string of the molecule is CNC(=O)CN(CCN(CCN(CC(=O)NC)Cc1nnn[nH]1)Cc1nnn[nH]1)Cc1nnn[nH]1. The van der Waals surface area contributed by atoms with Gasteiger partial charge in [-0.1, -0.05) is 0 Å². The van der Waals surface area contributed by atoms with Gasteiger partial charge in [-0.25, -0.2) is 15.3 Å². The Hall–Kier alpha value is -3.97. The number of nitrogens with zero attached hydrogens (tertiary/aromatic N) is 12. The molecule has 0 aliphatic heterocycles. The molecule has 0 saturated carbocycles. The zero-order valence-corrected chi connectivity index (χ0v) is 19.5. The third-order valence-corrected chi connectivity index (χ3v) is 5.04. The Morgan fingerprint density at radius 3 is 1.29 bits per heavy atom. The molecule has 0 aromatic carbocycles. The summed E-state index contributed by atoms with van der Waals surface area (Å²) in [6, 6.07) is 0. The topological polar surface area (TPSA) is 231 Å². The predicted molar refractivity (Wildman–Crippen MR) is 116 cm³/mol. The van der Waals surface area contributed by atoms with Crippen LogP contribution in [0.15, 0.2) is 0 Å². The fraction of sp³-hybridized carbons (Fsp3) is 0.688. The van der Waals surface area contributed by atoms with Crippen LogP contribution in [0.5, 0.6) is 0 Å². The van der Waals surface area contributed by atoms with Gasteiger partial charge < -0.3 is 10.6 Å². The fourth-order valence-electron chi connectivity index (χ4n) is 3.20. The molecule has 0 radical (unpaired) electrons. The van der Waals surface area contributed by atoms with Crippen LogP contribution in [0.3, 0.4) is 0 Å². The fourth-order valence-corrected chi connectivity index (χ4v) is 3.20. The highest BCUT2D eigenvalue weighted by molar-refractivity contribution is 5.78. The molecule has 0 spiro atoms. The van der Waals surface area contributed by atoms with Crippen molar-refractivity contribution in [2.75, 3.05) is 53.4 Å². The Bertz CT molecular complexity index is 914. The molecular weight excluding hydrogens is 462 g/mol. The average Bonchev–Trinajstić information content (AvgIpc) is 3.64. The van der Waals surface area contributed by atoms with E-state index in [9.17, 15) is 9.59 Å². The van der Waals surface area contributed by atoms with E-state index in [0.717, 1.165) is 0 Å². The summed E-state index contributed by atoms with van der Waals surface area (Å²) in [5.41, 5.74) is 0. The van der Waals surface area contributed by atoms with E-state index in [-0.39, 0.29) is 24.9 Å². The summed E-state index contributed by atoms with van der Waals surface area (Å²) in [5, 5.41) is 46.9.